The number of carbonyl (C=O) groups is 1. The summed E-state index contributed by atoms with van der Waals surface area (Å²) in [5.74, 6) is -0.516. The normalized spacial score (nSPS) is 38.2. The molecule has 3 unspecified atom stereocenters. The Bertz CT molecular complexity index is 590. The van der Waals surface area contributed by atoms with Gasteiger partial charge in [0, 0.05) is 0 Å². The summed E-state index contributed by atoms with van der Waals surface area (Å²) < 4.78 is 73.9. The van der Waals surface area contributed by atoms with Gasteiger partial charge in [0.25, 0.3) is 0 Å². The molecule has 0 aromatic heterocycles. The summed E-state index contributed by atoms with van der Waals surface area (Å²) in [5.41, 5.74) is -0.982. The van der Waals surface area contributed by atoms with Crippen molar-refractivity contribution in [3.8, 4) is 0 Å². The lowest BCUT2D eigenvalue weighted by Gasteiger charge is -2.55. The quantitative estimate of drug-likeness (QED) is 0.619. The molecule has 23 heavy (non-hydrogen) atoms. The van der Waals surface area contributed by atoms with Crippen LogP contribution in [0.3, 0.4) is 0 Å². The molecule has 0 aromatic rings. The number of alkyl halides is 3. The van der Waals surface area contributed by atoms with Crippen molar-refractivity contribution in [2.24, 2.45) is 23.2 Å². The van der Waals surface area contributed by atoms with E-state index in [1.807, 2.05) is 0 Å². The van der Waals surface area contributed by atoms with Gasteiger partial charge in [-0.2, -0.15) is 21.6 Å². The van der Waals surface area contributed by atoms with E-state index in [4.69, 9.17) is 4.55 Å². The first-order chi connectivity index (χ1) is 10.6. The zero-order valence-electron chi connectivity index (χ0n) is 12.4. The van der Waals surface area contributed by atoms with Gasteiger partial charge in [-0.1, -0.05) is 12.8 Å². The lowest BCUT2D eigenvalue weighted by molar-refractivity contribution is -0.207. The molecule has 3 atom stereocenters. The number of rotatable bonds is 4. The van der Waals surface area contributed by atoms with E-state index in [9.17, 15) is 26.4 Å². The number of hydrogen-bond acceptors (Lipinski definition) is 4. The number of ether oxygens (including phenoxy) is 1. The van der Waals surface area contributed by atoms with Gasteiger partial charge in [-0.25, -0.2) is 0 Å². The molecule has 0 saturated heterocycles. The Hall–Kier alpha value is -0.830. The van der Waals surface area contributed by atoms with Crippen molar-refractivity contribution in [2.75, 3.05) is 0 Å². The zero-order chi connectivity index (χ0) is 17.0. The molecule has 3 bridgehead atoms. The summed E-state index contributed by atoms with van der Waals surface area (Å²) in [7, 11) is -6.00. The smallest absolute Gasteiger partial charge is 0.423 e. The summed E-state index contributed by atoms with van der Waals surface area (Å²) in [5, 5.41) is -5.17. The zero-order valence-corrected chi connectivity index (χ0v) is 13.2. The van der Waals surface area contributed by atoms with Crippen LogP contribution in [0.4, 0.5) is 13.2 Å². The van der Waals surface area contributed by atoms with Gasteiger partial charge in [-0.15, -0.1) is 0 Å². The highest BCUT2D eigenvalue weighted by Crippen LogP contribution is 2.60. The van der Waals surface area contributed by atoms with Crippen LogP contribution < -0.4 is 0 Å². The van der Waals surface area contributed by atoms with Crippen LogP contribution in [0.2, 0.25) is 0 Å². The van der Waals surface area contributed by atoms with E-state index in [2.05, 4.69) is 4.74 Å². The average Bonchev–Trinajstić information content (AvgIpc) is 2.43. The van der Waals surface area contributed by atoms with Crippen molar-refractivity contribution in [3.63, 3.8) is 0 Å². The molecule has 3 aliphatic carbocycles. The second kappa shape index (κ2) is 5.34. The number of carbonyl (C=O) groups excluding carboxylic acids is 1. The van der Waals surface area contributed by atoms with Gasteiger partial charge in [0.1, 0.15) is 0 Å². The van der Waals surface area contributed by atoms with Crippen molar-refractivity contribution in [3.05, 3.63) is 0 Å². The second-order valence-electron chi connectivity index (χ2n) is 7.14. The van der Waals surface area contributed by atoms with Crippen molar-refractivity contribution in [2.45, 2.75) is 56.6 Å². The highest BCUT2D eigenvalue weighted by atomic mass is 32.2. The summed E-state index contributed by atoms with van der Waals surface area (Å²) in [6, 6.07) is 0. The van der Waals surface area contributed by atoms with E-state index in [1.165, 1.54) is 0 Å². The van der Waals surface area contributed by atoms with E-state index in [1.54, 1.807) is 0 Å². The summed E-state index contributed by atoms with van der Waals surface area (Å²) in [4.78, 5) is 12.4. The van der Waals surface area contributed by atoms with Crippen LogP contribution in [0.15, 0.2) is 0 Å². The van der Waals surface area contributed by atoms with E-state index < -0.39 is 33.1 Å². The van der Waals surface area contributed by atoms with Crippen LogP contribution in [0, 0.1) is 23.2 Å². The number of fused-ring (bicyclic) bond motifs is 2. The Labute approximate surface area is 132 Å². The third kappa shape index (κ3) is 2.65. The van der Waals surface area contributed by atoms with Crippen molar-refractivity contribution >= 4 is 16.1 Å². The van der Waals surface area contributed by atoms with Crippen LogP contribution in [-0.2, 0) is 19.6 Å². The molecule has 1 N–H and O–H groups in total. The van der Waals surface area contributed by atoms with Crippen LogP contribution in [-0.4, -0.2) is 30.6 Å². The predicted octanol–water partition coefficient (Wildman–Crippen LogP) is 2.91. The van der Waals surface area contributed by atoms with Gasteiger partial charge in [-0.3, -0.25) is 9.35 Å². The fourth-order valence-electron chi connectivity index (χ4n) is 4.83. The standard InChI is InChI=1S/C14H19F3O5S/c15-11(14(16,17)23(19,20)21)22-12(18)13-6-8-1-3-10(13)4-2-9(5-8)7-13/h8-11H,1-7H2,(H,19,20,21). The van der Waals surface area contributed by atoms with Gasteiger partial charge in [0.05, 0.1) is 5.41 Å². The molecule has 0 aliphatic heterocycles. The largest absolute Gasteiger partial charge is 0.435 e. The third-order valence-corrected chi connectivity index (χ3v) is 6.70. The van der Waals surface area contributed by atoms with Crippen LogP contribution in [0.5, 0.6) is 0 Å². The lowest BCUT2D eigenvalue weighted by atomic mass is 9.49. The van der Waals surface area contributed by atoms with Gasteiger partial charge >= 0.3 is 27.7 Å². The Kier molecular flexibility index (Phi) is 3.95. The molecular weight excluding hydrogens is 337 g/mol. The topological polar surface area (TPSA) is 80.7 Å². The second-order valence-corrected chi connectivity index (χ2v) is 8.64. The molecule has 3 saturated carbocycles. The molecule has 0 heterocycles. The average molecular weight is 356 g/mol. The van der Waals surface area contributed by atoms with Crippen LogP contribution >= 0.6 is 0 Å². The minimum Gasteiger partial charge on any atom is -0.423 e. The maximum atomic E-state index is 13.6. The van der Waals surface area contributed by atoms with Crippen LogP contribution in [0.1, 0.15) is 44.9 Å². The highest BCUT2D eigenvalue weighted by molar-refractivity contribution is 7.86. The predicted molar refractivity (Wildman–Crippen MR) is 72.7 cm³/mol. The van der Waals surface area contributed by atoms with Crippen molar-refractivity contribution in [1.29, 1.82) is 0 Å². The number of halogens is 3. The summed E-state index contributed by atoms with van der Waals surface area (Å²) in [6.07, 6.45) is 1.74. The molecule has 0 amide bonds. The Morgan fingerprint density at radius 3 is 2.17 bits per heavy atom. The molecule has 3 rings (SSSR count). The first-order valence-electron chi connectivity index (χ1n) is 7.76. The lowest BCUT2D eigenvalue weighted by Crippen LogP contribution is -2.53. The minimum absolute atomic E-state index is 0.0330. The van der Waals surface area contributed by atoms with Crippen molar-refractivity contribution in [1.82, 2.24) is 0 Å². The Morgan fingerprint density at radius 1 is 1.17 bits per heavy atom. The fraction of sp³-hybridized carbons (Fsp3) is 0.929. The molecule has 9 heteroatoms. The number of esters is 1. The Balaban J connectivity index is 1.80. The van der Waals surface area contributed by atoms with E-state index >= 15 is 0 Å². The van der Waals surface area contributed by atoms with Gasteiger partial charge in [-0.05, 0) is 49.9 Å². The minimum atomic E-state index is -6.00. The first kappa shape index (κ1) is 17.0. The molecule has 5 nitrogen and oxygen atoms in total. The molecule has 3 aliphatic rings. The molecule has 3 fully saturated rings. The number of hydrogen-bond donors (Lipinski definition) is 1. The maximum absolute atomic E-state index is 13.6. The van der Waals surface area contributed by atoms with Crippen molar-refractivity contribution < 1.29 is 35.7 Å². The van der Waals surface area contributed by atoms with Gasteiger partial charge in [0.2, 0.25) is 0 Å². The summed E-state index contributed by atoms with van der Waals surface area (Å²) >= 11 is 0. The molecule has 0 spiro atoms. The molecule has 0 radical (unpaired) electrons. The van der Waals surface area contributed by atoms with E-state index in [-0.39, 0.29) is 5.92 Å². The molecular formula is C14H19F3O5S. The third-order valence-electron chi connectivity index (χ3n) is 5.83. The van der Waals surface area contributed by atoms with E-state index in [0.29, 0.717) is 24.7 Å². The van der Waals surface area contributed by atoms with E-state index in [0.717, 1.165) is 32.1 Å². The monoisotopic (exact) mass is 356 g/mol. The van der Waals surface area contributed by atoms with Crippen LogP contribution in [0.25, 0.3) is 0 Å². The highest BCUT2D eigenvalue weighted by Gasteiger charge is 2.60. The molecule has 132 valence electrons. The van der Waals surface area contributed by atoms with Gasteiger partial charge < -0.3 is 4.74 Å². The maximum Gasteiger partial charge on any atom is 0.435 e. The fourth-order valence-corrected chi connectivity index (χ4v) is 5.11. The Morgan fingerprint density at radius 2 is 1.70 bits per heavy atom. The first-order valence-corrected chi connectivity index (χ1v) is 9.20. The van der Waals surface area contributed by atoms with Gasteiger partial charge in [0.15, 0.2) is 0 Å². The SMILES string of the molecule is O=C(OC(F)C(F)(F)S(=O)(=O)O)C12CC3CCC1CCC(C3)C2. The summed E-state index contributed by atoms with van der Waals surface area (Å²) in [6.45, 7) is 0. The molecule has 0 aromatic carbocycles.